The largest absolute Gasteiger partial charge is 0.381 e. The first-order chi connectivity index (χ1) is 12.2. The zero-order chi connectivity index (χ0) is 17.5. The summed E-state index contributed by atoms with van der Waals surface area (Å²) in [6.07, 6.45) is 7.80. The van der Waals surface area contributed by atoms with Gasteiger partial charge in [0.25, 0.3) is 0 Å². The third-order valence-electron chi connectivity index (χ3n) is 5.39. The zero-order valence-corrected chi connectivity index (χ0v) is 16.3. The third kappa shape index (κ3) is 4.91. The summed E-state index contributed by atoms with van der Waals surface area (Å²) in [6, 6.07) is 9.28. The fourth-order valence-electron chi connectivity index (χ4n) is 3.73. The van der Waals surface area contributed by atoms with E-state index in [1.54, 1.807) is 0 Å². The summed E-state index contributed by atoms with van der Waals surface area (Å²) in [6.45, 7) is 5.60. The molecule has 4 nitrogen and oxygen atoms in total. The van der Waals surface area contributed by atoms with E-state index in [-0.39, 0.29) is 4.75 Å². The molecule has 25 heavy (non-hydrogen) atoms. The van der Waals surface area contributed by atoms with Gasteiger partial charge in [0, 0.05) is 30.5 Å². The van der Waals surface area contributed by atoms with Crippen LogP contribution in [0.5, 0.6) is 0 Å². The van der Waals surface area contributed by atoms with Crippen LogP contribution in [0.15, 0.2) is 29.3 Å². The number of aryl methyl sites for hydroxylation is 1. The molecule has 5 heteroatoms. The smallest absolute Gasteiger partial charge is 0.191 e. The SMILES string of the molecule is CCNC(=NCC1(SC)CCOCC1)NC1CCc2ccccc2C1. The van der Waals surface area contributed by atoms with E-state index in [1.165, 1.54) is 17.5 Å². The van der Waals surface area contributed by atoms with Gasteiger partial charge in [0.1, 0.15) is 0 Å². The minimum atomic E-state index is 0.236. The summed E-state index contributed by atoms with van der Waals surface area (Å²) < 4.78 is 5.78. The van der Waals surface area contributed by atoms with Crippen LogP contribution in [0.2, 0.25) is 0 Å². The van der Waals surface area contributed by atoms with E-state index in [0.29, 0.717) is 6.04 Å². The van der Waals surface area contributed by atoms with Crippen LogP contribution in [-0.4, -0.2) is 49.3 Å². The molecule has 1 unspecified atom stereocenters. The maximum atomic E-state index is 5.54. The van der Waals surface area contributed by atoms with Gasteiger partial charge in [-0.3, -0.25) is 4.99 Å². The van der Waals surface area contributed by atoms with Gasteiger partial charge < -0.3 is 15.4 Å². The van der Waals surface area contributed by atoms with Crippen molar-refractivity contribution in [2.75, 3.05) is 32.6 Å². The molecule has 1 atom stereocenters. The normalized spacial score (nSPS) is 23.0. The molecule has 0 aromatic heterocycles. The van der Waals surface area contributed by atoms with Gasteiger partial charge >= 0.3 is 0 Å². The highest BCUT2D eigenvalue weighted by Gasteiger charge is 2.31. The van der Waals surface area contributed by atoms with E-state index in [2.05, 4.69) is 48.1 Å². The molecule has 1 saturated heterocycles. The molecule has 2 N–H and O–H groups in total. The second-order valence-corrected chi connectivity index (χ2v) is 8.32. The molecule has 1 aromatic rings. The number of nitrogens with zero attached hydrogens (tertiary/aromatic N) is 1. The Morgan fingerprint density at radius 3 is 2.76 bits per heavy atom. The summed E-state index contributed by atoms with van der Waals surface area (Å²) in [5.41, 5.74) is 2.98. The summed E-state index contributed by atoms with van der Waals surface area (Å²) in [5.74, 6) is 0.965. The highest BCUT2D eigenvalue weighted by molar-refractivity contribution is 8.00. The van der Waals surface area contributed by atoms with Crippen LogP contribution < -0.4 is 10.6 Å². The molecule has 138 valence electrons. The van der Waals surface area contributed by atoms with Crippen molar-refractivity contribution in [3.8, 4) is 0 Å². The van der Waals surface area contributed by atoms with Gasteiger partial charge in [-0.1, -0.05) is 24.3 Å². The summed E-state index contributed by atoms with van der Waals surface area (Å²) >= 11 is 1.95. The number of guanidine groups is 1. The van der Waals surface area contributed by atoms with Gasteiger partial charge in [-0.15, -0.1) is 0 Å². The first kappa shape index (κ1) is 18.6. The second-order valence-electron chi connectivity index (χ2n) is 7.05. The minimum absolute atomic E-state index is 0.236. The average molecular weight is 362 g/mol. The Kier molecular flexibility index (Phi) is 6.65. The number of nitrogens with one attached hydrogen (secondary N) is 2. The van der Waals surface area contributed by atoms with Crippen molar-refractivity contribution in [3.63, 3.8) is 0 Å². The predicted octanol–water partition coefficient (Wildman–Crippen LogP) is 3.01. The molecule has 1 aromatic carbocycles. The summed E-state index contributed by atoms with van der Waals surface area (Å²) in [4.78, 5) is 4.95. The first-order valence-corrected chi connectivity index (χ1v) is 10.7. The molecule has 3 rings (SSSR count). The maximum absolute atomic E-state index is 5.54. The number of hydrogen-bond donors (Lipinski definition) is 2. The fourth-order valence-corrected chi connectivity index (χ4v) is 4.50. The van der Waals surface area contributed by atoms with Crippen LogP contribution in [0.25, 0.3) is 0 Å². The standard InChI is InChI=1S/C20H31N3OS/c1-3-21-19(22-15-20(25-2)10-12-24-13-11-20)23-18-9-8-16-6-4-5-7-17(16)14-18/h4-7,18H,3,8-15H2,1-2H3,(H2,21,22,23). The van der Waals surface area contributed by atoms with Crippen LogP contribution in [0.4, 0.5) is 0 Å². The van der Waals surface area contributed by atoms with Gasteiger partial charge in [0.05, 0.1) is 6.54 Å². The molecule has 2 aliphatic rings. The maximum Gasteiger partial charge on any atom is 0.191 e. The Morgan fingerprint density at radius 2 is 2.04 bits per heavy atom. The van der Waals surface area contributed by atoms with Crippen molar-refractivity contribution in [3.05, 3.63) is 35.4 Å². The molecule has 0 saturated carbocycles. The molecule has 0 spiro atoms. The molecule has 1 fully saturated rings. The Hall–Kier alpha value is -1.20. The van der Waals surface area contributed by atoms with Crippen molar-refractivity contribution >= 4 is 17.7 Å². The Bertz CT molecular complexity index is 584. The number of thioether (sulfide) groups is 1. The summed E-state index contributed by atoms with van der Waals surface area (Å²) in [5, 5.41) is 7.11. The van der Waals surface area contributed by atoms with Crippen LogP contribution in [-0.2, 0) is 17.6 Å². The highest BCUT2D eigenvalue weighted by Crippen LogP contribution is 2.34. The van der Waals surface area contributed by atoms with Crippen molar-refractivity contribution in [1.29, 1.82) is 0 Å². The second kappa shape index (κ2) is 8.95. The third-order valence-corrected chi connectivity index (χ3v) is 6.80. The molecule has 0 radical (unpaired) electrons. The van der Waals surface area contributed by atoms with E-state index < -0.39 is 0 Å². The van der Waals surface area contributed by atoms with Gasteiger partial charge in [0.2, 0.25) is 0 Å². The zero-order valence-electron chi connectivity index (χ0n) is 15.5. The van der Waals surface area contributed by atoms with E-state index in [4.69, 9.17) is 9.73 Å². The number of benzene rings is 1. The van der Waals surface area contributed by atoms with E-state index >= 15 is 0 Å². The van der Waals surface area contributed by atoms with Gasteiger partial charge in [0.15, 0.2) is 5.96 Å². The van der Waals surface area contributed by atoms with Crippen molar-refractivity contribution in [1.82, 2.24) is 10.6 Å². The quantitative estimate of drug-likeness (QED) is 0.625. The van der Waals surface area contributed by atoms with Crippen LogP contribution in [0.1, 0.15) is 37.3 Å². The fraction of sp³-hybridized carbons (Fsp3) is 0.650. The highest BCUT2D eigenvalue weighted by atomic mass is 32.2. The molecule has 1 heterocycles. The predicted molar refractivity (Wildman–Crippen MR) is 108 cm³/mol. The van der Waals surface area contributed by atoms with Crippen molar-refractivity contribution < 1.29 is 4.74 Å². The van der Waals surface area contributed by atoms with E-state index in [0.717, 1.165) is 57.9 Å². The molecular formula is C20H31N3OS. The minimum Gasteiger partial charge on any atom is -0.381 e. The topological polar surface area (TPSA) is 45.7 Å². The molecule has 1 aliphatic heterocycles. The number of aliphatic imine (C=N–C) groups is 1. The Labute approximate surface area is 156 Å². The lowest BCUT2D eigenvalue weighted by atomic mass is 9.88. The molecule has 0 bridgehead atoms. The number of fused-ring (bicyclic) bond motifs is 1. The number of rotatable bonds is 5. The first-order valence-electron chi connectivity index (χ1n) is 9.49. The van der Waals surface area contributed by atoms with E-state index in [9.17, 15) is 0 Å². The Morgan fingerprint density at radius 1 is 1.28 bits per heavy atom. The Balaban J connectivity index is 1.63. The van der Waals surface area contributed by atoms with E-state index in [1.807, 2.05) is 11.8 Å². The lowest BCUT2D eigenvalue weighted by molar-refractivity contribution is 0.0794. The van der Waals surface area contributed by atoms with Crippen LogP contribution in [0, 0.1) is 0 Å². The monoisotopic (exact) mass is 361 g/mol. The van der Waals surface area contributed by atoms with Gasteiger partial charge in [-0.05, 0) is 56.4 Å². The van der Waals surface area contributed by atoms with Crippen LogP contribution in [0.3, 0.4) is 0 Å². The average Bonchev–Trinajstić information content (AvgIpc) is 2.67. The summed E-state index contributed by atoms with van der Waals surface area (Å²) in [7, 11) is 0. The van der Waals surface area contributed by atoms with Gasteiger partial charge in [-0.25, -0.2) is 0 Å². The van der Waals surface area contributed by atoms with Crippen molar-refractivity contribution in [2.24, 2.45) is 4.99 Å². The molecule has 0 amide bonds. The number of ether oxygens (including phenoxy) is 1. The lowest BCUT2D eigenvalue weighted by Gasteiger charge is -2.34. The van der Waals surface area contributed by atoms with Gasteiger partial charge in [-0.2, -0.15) is 11.8 Å². The number of hydrogen-bond acceptors (Lipinski definition) is 3. The molecule has 1 aliphatic carbocycles. The van der Waals surface area contributed by atoms with Crippen molar-refractivity contribution in [2.45, 2.75) is 49.8 Å². The molecular weight excluding hydrogens is 330 g/mol. The van der Waals surface area contributed by atoms with Crippen LogP contribution >= 0.6 is 11.8 Å². The lowest BCUT2D eigenvalue weighted by Crippen LogP contribution is -2.46.